The Bertz CT molecular complexity index is 1330. The highest BCUT2D eigenvalue weighted by Crippen LogP contribution is 2.57. The van der Waals surface area contributed by atoms with E-state index in [1.807, 2.05) is 34.6 Å². The lowest BCUT2D eigenvalue weighted by Crippen LogP contribution is -2.31. The lowest BCUT2D eigenvalue weighted by atomic mass is 9.81. The molecular weight excluding hydrogens is 400 g/mol. The fourth-order valence-corrected chi connectivity index (χ4v) is 5.13. The maximum atomic E-state index is 13.0. The first kappa shape index (κ1) is 19.7. The standard InChI is InChI=1S/C24H24O7/c1-7-11(5)29-20-15-13(7)9(3)19(26)17(24(27)28)21(15)31-23-16(20)18(25)10(4)14-8(2)12(6)30-22(14)23/h7-8,11-12,25H,1-6H3,(H,27,28)/t7-,8-,11-,12-/m1/s1. The van der Waals surface area contributed by atoms with E-state index in [0.29, 0.717) is 39.1 Å². The van der Waals surface area contributed by atoms with Gasteiger partial charge in [0.15, 0.2) is 28.1 Å². The molecular formula is C24H24O7. The van der Waals surface area contributed by atoms with Crippen molar-refractivity contribution in [3.05, 3.63) is 38.0 Å². The minimum absolute atomic E-state index is 0.00927. The maximum Gasteiger partial charge on any atom is 0.343 e. The summed E-state index contributed by atoms with van der Waals surface area (Å²) < 4.78 is 18.5. The Morgan fingerprint density at radius 1 is 0.903 bits per heavy atom. The molecule has 7 heteroatoms. The Kier molecular flexibility index (Phi) is 3.92. The molecule has 7 nitrogen and oxygen atoms in total. The van der Waals surface area contributed by atoms with Crippen LogP contribution in [0.3, 0.4) is 0 Å². The largest absolute Gasteiger partial charge is 0.507 e. The number of ether oxygens (including phenoxy) is 2. The van der Waals surface area contributed by atoms with Gasteiger partial charge in [-0.3, -0.25) is 4.79 Å². The number of hydrogen-bond acceptors (Lipinski definition) is 6. The molecule has 0 radical (unpaired) electrons. The van der Waals surface area contributed by atoms with Crippen LogP contribution in [0.15, 0.2) is 9.21 Å². The highest BCUT2D eigenvalue weighted by atomic mass is 16.5. The third kappa shape index (κ3) is 2.29. The lowest BCUT2D eigenvalue weighted by Gasteiger charge is -2.34. The molecule has 3 aliphatic heterocycles. The molecule has 1 aromatic rings. The third-order valence-electron chi connectivity index (χ3n) is 7.17. The number of aromatic hydroxyl groups is 1. The minimum atomic E-state index is -1.37. The van der Waals surface area contributed by atoms with Crippen LogP contribution < -0.4 is 14.9 Å². The van der Waals surface area contributed by atoms with Crippen LogP contribution >= 0.6 is 0 Å². The normalized spacial score (nSPS) is 24.2. The van der Waals surface area contributed by atoms with E-state index in [1.54, 1.807) is 6.92 Å². The Labute approximate surface area is 178 Å². The summed E-state index contributed by atoms with van der Waals surface area (Å²) in [5.74, 6) is -0.739. The van der Waals surface area contributed by atoms with Gasteiger partial charge < -0.3 is 24.1 Å². The summed E-state index contributed by atoms with van der Waals surface area (Å²) >= 11 is 0. The fraction of sp³-hybridized carbons (Fsp3) is 0.417. The summed E-state index contributed by atoms with van der Waals surface area (Å²) in [7, 11) is 0. The van der Waals surface area contributed by atoms with Gasteiger partial charge in [0.2, 0.25) is 0 Å². The summed E-state index contributed by atoms with van der Waals surface area (Å²) in [6.07, 6.45) is -0.440. The highest BCUT2D eigenvalue weighted by molar-refractivity contribution is 6.06. The van der Waals surface area contributed by atoms with Gasteiger partial charge in [-0.1, -0.05) is 13.8 Å². The van der Waals surface area contributed by atoms with Crippen molar-refractivity contribution in [3.8, 4) is 28.6 Å². The quantitative estimate of drug-likeness (QED) is 0.546. The highest BCUT2D eigenvalue weighted by Gasteiger charge is 2.42. The van der Waals surface area contributed by atoms with E-state index in [1.165, 1.54) is 0 Å². The molecule has 31 heavy (non-hydrogen) atoms. The van der Waals surface area contributed by atoms with E-state index in [4.69, 9.17) is 13.9 Å². The molecule has 0 fully saturated rings. The molecule has 3 heterocycles. The van der Waals surface area contributed by atoms with Crippen LogP contribution in [-0.4, -0.2) is 28.4 Å². The van der Waals surface area contributed by atoms with Gasteiger partial charge in [-0.05, 0) is 38.8 Å². The van der Waals surface area contributed by atoms with Crippen LogP contribution in [-0.2, 0) is 0 Å². The van der Waals surface area contributed by atoms with Crippen molar-refractivity contribution in [2.24, 2.45) is 0 Å². The van der Waals surface area contributed by atoms with Gasteiger partial charge in [-0.25, -0.2) is 4.79 Å². The van der Waals surface area contributed by atoms with Crippen molar-refractivity contribution in [1.82, 2.24) is 0 Å². The minimum Gasteiger partial charge on any atom is -0.507 e. The average molecular weight is 424 g/mol. The SMILES string of the molecule is Cc1c2c(c3oc4c(C(=O)O)c(=O)c(C)c5c-4c(c3c1O)O[C@H](C)[C@H]5C)O[C@H](C)[C@H]2C. The predicted octanol–water partition coefficient (Wildman–Crippen LogP) is 4.69. The molecule has 1 aromatic carbocycles. The summed E-state index contributed by atoms with van der Waals surface area (Å²) in [5.41, 5.74) is 2.19. The number of carboxylic acids is 1. The Morgan fingerprint density at radius 3 is 2.10 bits per heavy atom. The first-order valence-corrected chi connectivity index (χ1v) is 10.4. The van der Waals surface area contributed by atoms with Crippen LogP contribution in [0.2, 0.25) is 0 Å². The van der Waals surface area contributed by atoms with Gasteiger partial charge >= 0.3 is 5.97 Å². The number of benzene rings is 2. The van der Waals surface area contributed by atoms with Crippen LogP contribution in [0.25, 0.3) is 22.3 Å². The summed E-state index contributed by atoms with van der Waals surface area (Å²) in [5, 5.41) is 21.4. The Morgan fingerprint density at radius 2 is 1.48 bits per heavy atom. The van der Waals surface area contributed by atoms with Crippen molar-refractivity contribution in [1.29, 1.82) is 0 Å². The molecule has 162 valence electrons. The predicted molar refractivity (Wildman–Crippen MR) is 114 cm³/mol. The molecule has 0 spiro atoms. The number of phenolic OH excluding ortho intramolecular Hbond substituents is 1. The molecule has 4 aliphatic rings. The van der Waals surface area contributed by atoms with E-state index in [-0.39, 0.29) is 41.1 Å². The van der Waals surface area contributed by atoms with E-state index in [0.717, 1.165) is 5.56 Å². The van der Waals surface area contributed by atoms with E-state index in [9.17, 15) is 19.8 Å². The van der Waals surface area contributed by atoms with Gasteiger partial charge in [0.25, 0.3) is 0 Å². The van der Waals surface area contributed by atoms with Crippen LogP contribution in [0.5, 0.6) is 17.2 Å². The fourth-order valence-electron chi connectivity index (χ4n) is 5.13. The second-order valence-electron chi connectivity index (χ2n) is 8.83. The lowest BCUT2D eigenvalue weighted by molar-refractivity contribution is 0.0694. The number of rotatable bonds is 1. The summed E-state index contributed by atoms with van der Waals surface area (Å²) in [4.78, 5) is 25.1. The second-order valence-corrected chi connectivity index (χ2v) is 8.83. The molecule has 0 aromatic heterocycles. The molecule has 2 N–H and O–H groups in total. The van der Waals surface area contributed by atoms with Crippen molar-refractivity contribution in [3.63, 3.8) is 0 Å². The van der Waals surface area contributed by atoms with Gasteiger partial charge in [0.1, 0.15) is 29.1 Å². The molecule has 0 saturated carbocycles. The molecule has 0 bridgehead atoms. The zero-order valence-corrected chi connectivity index (χ0v) is 18.2. The zero-order chi connectivity index (χ0) is 22.5. The Balaban J connectivity index is 2.09. The van der Waals surface area contributed by atoms with E-state index >= 15 is 0 Å². The monoisotopic (exact) mass is 424 g/mol. The molecule has 0 amide bonds. The van der Waals surface area contributed by atoms with Gasteiger partial charge in [-0.15, -0.1) is 0 Å². The molecule has 4 atom stereocenters. The number of fused-ring (bicyclic) bond motifs is 4. The van der Waals surface area contributed by atoms with E-state index < -0.39 is 17.0 Å². The third-order valence-corrected chi connectivity index (χ3v) is 7.17. The topological polar surface area (TPSA) is 106 Å². The number of hydrogen-bond donors (Lipinski definition) is 2. The number of carboxylic acid groups (broad SMARTS) is 1. The van der Waals surface area contributed by atoms with Crippen molar-refractivity contribution in [2.75, 3.05) is 0 Å². The maximum absolute atomic E-state index is 13.0. The smallest absolute Gasteiger partial charge is 0.343 e. The molecule has 0 saturated heterocycles. The van der Waals surface area contributed by atoms with Crippen molar-refractivity contribution < 1.29 is 28.9 Å². The van der Waals surface area contributed by atoms with Crippen LogP contribution in [0, 0.1) is 13.8 Å². The van der Waals surface area contributed by atoms with E-state index in [2.05, 4.69) is 0 Å². The molecule has 1 aliphatic carbocycles. The summed E-state index contributed by atoms with van der Waals surface area (Å²) in [6.45, 7) is 11.2. The van der Waals surface area contributed by atoms with Gasteiger partial charge in [0.05, 0.1) is 5.56 Å². The Hall–Kier alpha value is -3.22. The van der Waals surface area contributed by atoms with Gasteiger partial charge in [0, 0.05) is 23.0 Å². The number of phenols is 1. The van der Waals surface area contributed by atoms with Gasteiger partial charge in [-0.2, -0.15) is 0 Å². The van der Waals surface area contributed by atoms with Crippen LogP contribution in [0.4, 0.5) is 0 Å². The average Bonchev–Trinajstić information content (AvgIpc) is 3.00. The summed E-state index contributed by atoms with van der Waals surface area (Å²) in [6, 6.07) is 0. The van der Waals surface area contributed by atoms with Crippen molar-refractivity contribution in [2.45, 2.75) is 65.6 Å². The molecule has 5 rings (SSSR count). The number of aromatic carboxylic acids is 1. The van der Waals surface area contributed by atoms with Crippen molar-refractivity contribution >= 4 is 16.9 Å². The first-order valence-electron chi connectivity index (χ1n) is 10.4. The zero-order valence-electron chi connectivity index (χ0n) is 18.2. The second kappa shape index (κ2) is 6.15. The van der Waals surface area contributed by atoms with Crippen LogP contribution in [0.1, 0.15) is 72.1 Å². The molecule has 0 unspecified atom stereocenters. The first-order chi connectivity index (χ1) is 14.6. The number of carbonyl (C=O) groups is 1.